The first-order chi connectivity index (χ1) is 16.3. The molecule has 3 aromatic carbocycles. The third-order valence-electron chi connectivity index (χ3n) is 6.19. The molecule has 0 radical (unpaired) electrons. The molecule has 3 aromatic rings. The molecule has 0 bridgehead atoms. The van der Waals surface area contributed by atoms with Crippen molar-refractivity contribution in [3.63, 3.8) is 0 Å². The van der Waals surface area contributed by atoms with Crippen LogP contribution in [-0.2, 0) is 0 Å². The lowest BCUT2D eigenvalue weighted by atomic mass is 9.87. The first kappa shape index (κ1) is 22.8. The van der Waals surface area contributed by atoms with Crippen molar-refractivity contribution in [1.29, 1.82) is 0 Å². The number of hydrogen-bond acceptors (Lipinski definition) is 2. The SMILES string of the molecule is CC1NC(=O)N(c2c(Cl)cccc2Cl)c2cc(C3=CCNCC3)cc(-c3ccc(F)cc3F)c21. The number of anilines is 2. The number of halogens is 4. The molecule has 8 heteroatoms. The second kappa shape index (κ2) is 9.02. The van der Waals surface area contributed by atoms with Gasteiger partial charge in [-0.2, -0.15) is 0 Å². The van der Waals surface area contributed by atoms with Gasteiger partial charge < -0.3 is 10.6 Å². The predicted octanol–water partition coefficient (Wildman–Crippen LogP) is 7.24. The van der Waals surface area contributed by atoms with Crippen LogP contribution in [0.25, 0.3) is 16.7 Å². The molecule has 0 aromatic heterocycles. The van der Waals surface area contributed by atoms with E-state index in [1.807, 2.05) is 19.1 Å². The van der Waals surface area contributed by atoms with Gasteiger partial charge in [0.25, 0.3) is 0 Å². The Hall–Kier alpha value is -2.93. The average Bonchev–Trinajstić information content (AvgIpc) is 2.80. The van der Waals surface area contributed by atoms with Crippen molar-refractivity contribution in [1.82, 2.24) is 10.6 Å². The number of benzene rings is 3. The van der Waals surface area contributed by atoms with Gasteiger partial charge >= 0.3 is 6.03 Å². The minimum atomic E-state index is -0.676. The molecule has 1 unspecified atom stereocenters. The highest BCUT2D eigenvalue weighted by Crippen LogP contribution is 2.47. The Morgan fingerprint density at radius 2 is 1.79 bits per heavy atom. The van der Waals surface area contributed by atoms with Gasteiger partial charge in [0.15, 0.2) is 0 Å². The van der Waals surface area contributed by atoms with Gasteiger partial charge in [-0.25, -0.2) is 13.6 Å². The summed E-state index contributed by atoms with van der Waals surface area (Å²) in [6, 6.07) is 11.6. The van der Waals surface area contributed by atoms with Crippen LogP contribution in [0.2, 0.25) is 10.0 Å². The van der Waals surface area contributed by atoms with Gasteiger partial charge in [-0.1, -0.05) is 35.3 Å². The van der Waals surface area contributed by atoms with E-state index >= 15 is 4.39 Å². The Balaban J connectivity index is 1.83. The number of fused-ring (bicyclic) bond motifs is 1. The van der Waals surface area contributed by atoms with Crippen molar-refractivity contribution < 1.29 is 13.6 Å². The largest absolute Gasteiger partial charge is 0.331 e. The molecule has 2 heterocycles. The summed E-state index contributed by atoms with van der Waals surface area (Å²) in [5.74, 6) is -1.33. The van der Waals surface area contributed by atoms with Gasteiger partial charge in [0, 0.05) is 23.7 Å². The summed E-state index contributed by atoms with van der Waals surface area (Å²) < 4.78 is 28.7. The molecule has 4 nitrogen and oxygen atoms in total. The van der Waals surface area contributed by atoms with E-state index in [1.165, 1.54) is 17.0 Å². The highest BCUT2D eigenvalue weighted by molar-refractivity contribution is 6.40. The number of nitrogens with one attached hydrogen (secondary N) is 2. The van der Waals surface area contributed by atoms with Crippen LogP contribution in [0, 0.1) is 11.6 Å². The van der Waals surface area contributed by atoms with Gasteiger partial charge in [-0.05, 0) is 73.0 Å². The molecule has 5 rings (SSSR count). The van der Waals surface area contributed by atoms with E-state index in [0.29, 0.717) is 39.1 Å². The van der Waals surface area contributed by atoms with Crippen molar-refractivity contribution >= 4 is 46.2 Å². The summed E-state index contributed by atoms with van der Waals surface area (Å²) in [7, 11) is 0. The molecule has 34 heavy (non-hydrogen) atoms. The third kappa shape index (κ3) is 3.96. The number of para-hydroxylation sites is 1. The minimum Gasteiger partial charge on any atom is -0.331 e. The molecule has 0 saturated carbocycles. The van der Waals surface area contributed by atoms with Crippen LogP contribution < -0.4 is 15.5 Å². The molecule has 1 atom stereocenters. The molecule has 0 fully saturated rings. The lowest BCUT2D eigenvalue weighted by Gasteiger charge is -2.36. The Labute approximate surface area is 206 Å². The number of carbonyl (C=O) groups excluding carboxylic acids is 1. The van der Waals surface area contributed by atoms with E-state index in [1.54, 1.807) is 18.2 Å². The van der Waals surface area contributed by atoms with Gasteiger partial charge in [0.2, 0.25) is 0 Å². The maximum Gasteiger partial charge on any atom is 0.327 e. The Bertz CT molecular complexity index is 1320. The maximum absolute atomic E-state index is 15.0. The Morgan fingerprint density at radius 3 is 2.47 bits per heavy atom. The van der Waals surface area contributed by atoms with E-state index in [4.69, 9.17) is 23.2 Å². The highest BCUT2D eigenvalue weighted by atomic mass is 35.5. The topological polar surface area (TPSA) is 44.4 Å². The van der Waals surface area contributed by atoms with Gasteiger partial charge in [0.05, 0.1) is 27.5 Å². The highest BCUT2D eigenvalue weighted by Gasteiger charge is 2.35. The van der Waals surface area contributed by atoms with Crippen LogP contribution in [-0.4, -0.2) is 19.1 Å². The van der Waals surface area contributed by atoms with Gasteiger partial charge in [-0.3, -0.25) is 4.90 Å². The van der Waals surface area contributed by atoms with E-state index in [9.17, 15) is 9.18 Å². The molecule has 2 aliphatic heterocycles. The zero-order valence-corrected chi connectivity index (χ0v) is 19.8. The van der Waals surface area contributed by atoms with Crippen molar-refractivity contribution in [2.45, 2.75) is 19.4 Å². The summed E-state index contributed by atoms with van der Waals surface area (Å²) in [4.78, 5) is 14.7. The monoisotopic (exact) mass is 499 g/mol. The van der Waals surface area contributed by atoms with E-state index in [0.717, 1.165) is 30.2 Å². The second-order valence-electron chi connectivity index (χ2n) is 8.34. The first-order valence-corrected chi connectivity index (χ1v) is 11.7. The fourth-order valence-corrected chi connectivity index (χ4v) is 5.20. The first-order valence-electron chi connectivity index (χ1n) is 10.9. The quantitative estimate of drug-likeness (QED) is 0.398. The number of rotatable bonds is 3. The number of carbonyl (C=O) groups is 1. The normalized spacial score (nSPS) is 17.8. The molecule has 2 amide bonds. The average molecular weight is 500 g/mol. The molecular weight excluding hydrogens is 479 g/mol. The van der Waals surface area contributed by atoms with Gasteiger partial charge in [0.1, 0.15) is 11.6 Å². The maximum atomic E-state index is 15.0. The zero-order chi connectivity index (χ0) is 24.0. The summed E-state index contributed by atoms with van der Waals surface area (Å²) in [6.45, 7) is 3.35. The molecule has 174 valence electrons. The molecule has 0 aliphatic carbocycles. The van der Waals surface area contributed by atoms with Crippen LogP contribution in [0.15, 0.2) is 54.6 Å². The molecule has 0 spiro atoms. The lowest BCUT2D eigenvalue weighted by Crippen LogP contribution is -2.43. The zero-order valence-electron chi connectivity index (χ0n) is 18.3. The van der Waals surface area contributed by atoms with E-state index in [-0.39, 0.29) is 5.56 Å². The van der Waals surface area contributed by atoms with Crippen molar-refractivity contribution in [3.8, 4) is 11.1 Å². The molecule has 0 saturated heterocycles. The summed E-state index contributed by atoms with van der Waals surface area (Å²) in [5.41, 5.74) is 4.36. The van der Waals surface area contributed by atoms with Crippen molar-refractivity contribution in [2.24, 2.45) is 0 Å². The van der Waals surface area contributed by atoms with Crippen molar-refractivity contribution in [2.75, 3.05) is 18.0 Å². The second-order valence-corrected chi connectivity index (χ2v) is 9.16. The standard InChI is InChI=1S/C26H21Cl2F2N3O/c1-14-24-19(18-6-5-17(29)13-22(18)30)11-16(15-7-9-31-10-8-15)12-23(24)33(26(34)32-14)25-20(27)3-2-4-21(25)28/h2-7,11-14,31H,8-10H2,1H3,(H,32,34). The number of hydrogen-bond donors (Lipinski definition) is 2. The van der Waals surface area contributed by atoms with Crippen molar-refractivity contribution in [3.05, 3.63) is 87.4 Å². The van der Waals surface area contributed by atoms with E-state index < -0.39 is 23.7 Å². The minimum absolute atomic E-state index is 0.252. The van der Waals surface area contributed by atoms with Crippen LogP contribution in [0.1, 0.15) is 30.5 Å². The summed E-state index contributed by atoms with van der Waals surface area (Å²) in [5, 5.41) is 6.83. The lowest BCUT2D eigenvalue weighted by molar-refractivity contribution is 0.244. The summed E-state index contributed by atoms with van der Waals surface area (Å²) in [6.07, 6.45) is 2.86. The van der Waals surface area contributed by atoms with E-state index in [2.05, 4.69) is 16.7 Å². The predicted molar refractivity (Wildman–Crippen MR) is 133 cm³/mol. The van der Waals surface area contributed by atoms with Crippen LogP contribution in [0.3, 0.4) is 0 Å². The number of nitrogens with zero attached hydrogens (tertiary/aromatic N) is 1. The smallest absolute Gasteiger partial charge is 0.327 e. The van der Waals surface area contributed by atoms with Crippen LogP contribution in [0.5, 0.6) is 0 Å². The van der Waals surface area contributed by atoms with Gasteiger partial charge in [-0.15, -0.1) is 0 Å². The number of urea groups is 1. The molecule has 2 N–H and O–H groups in total. The molecular formula is C26H21Cl2F2N3O. The number of amides is 2. The molecule has 2 aliphatic rings. The third-order valence-corrected chi connectivity index (χ3v) is 6.80. The Morgan fingerprint density at radius 1 is 1.03 bits per heavy atom. The van der Waals surface area contributed by atoms with Crippen LogP contribution >= 0.6 is 23.2 Å². The Kier molecular flexibility index (Phi) is 6.06. The summed E-state index contributed by atoms with van der Waals surface area (Å²) >= 11 is 13.0. The fourth-order valence-electron chi connectivity index (χ4n) is 4.63. The fraction of sp³-hybridized carbons (Fsp3) is 0.192. The van der Waals surface area contributed by atoms with Crippen LogP contribution in [0.4, 0.5) is 25.0 Å².